The monoisotopic (exact) mass is 229 g/mol. The molecule has 0 aliphatic carbocycles. The van der Waals surface area contributed by atoms with Crippen LogP contribution in [-0.2, 0) is 0 Å². The summed E-state index contributed by atoms with van der Waals surface area (Å²) < 4.78 is 0. The molecular formula is C13H27NS. The van der Waals surface area contributed by atoms with Crippen molar-refractivity contribution in [1.82, 2.24) is 4.90 Å². The van der Waals surface area contributed by atoms with Crippen LogP contribution >= 0.6 is 12.6 Å². The van der Waals surface area contributed by atoms with Gasteiger partial charge in [-0.25, -0.2) is 0 Å². The summed E-state index contributed by atoms with van der Waals surface area (Å²) in [6.07, 6.45) is 2.75. The molecule has 2 heteroatoms. The Morgan fingerprint density at radius 1 is 1.33 bits per heavy atom. The number of piperidine rings is 1. The lowest BCUT2D eigenvalue weighted by molar-refractivity contribution is 0.104. The van der Waals surface area contributed by atoms with E-state index in [4.69, 9.17) is 0 Å². The maximum absolute atomic E-state index is 4.48. The predicted octanol–water partition coefficient (Wildman–Crippen LogP) is 3.31. The molecule has 15 heavy (non-hydrogen) atoms. The Balaban J connectivity index is 2.43. The van der Waals surface area contributed by atoms with Gasteiger partial charge in [-0.15, -0.1) is 0 Å². The zero-order valence-electron chi connectivity index (χ0n) is 10.7. The van der Waals surface area contributed by atoms with Crippen LogP contribution in [0.5, 0.6) is 0 Å². The summed E-state index contributed by atoms with van der Waals surface area (Å²) in [5, 5.41) is 0. The number of nitrogens with zero attached hydrogens (tertiary/aromatic N) is 1. The fourth-order valence-corrected chi connectivity index (χ4v) is 3.04. The van der Waals surface area contributed by atoms with Crippen molar-refractivity contribution in [3.8, 4) is 0 Å². The largest absolute Gasteiger partial charge is 0.300 e. The summed E-state index contributed by atoms with van der Waals surface area (Å²) in [6.45, 7) is 11.9. The van der Waals surface area contributed by atoms with Crippen LogP contribution < -0.4 is 0 Å². The molecule has 1 nitrogen and oxygen atoms in total. The first-order valence-corrected chi connectivity index (χ1v) is 7.02. The molecule has 1 saturated heterocycles. The maximum Gasteiger partial charge on any atom is 0.00695 e. The van der Waals surface area contributed by atoms with Crippen molar-refractivity contribution in [2.24, 2.45) is 17.8 Å². The van der Waals surface area contributed by atoms with Gasteiger partial charge in [-0.05, 0) is 49.8 Å². The Morgan fingerprint density at radius 2 is 2.00 bits per heavy atom. The molecule has 3 unspecified atom stereocenters. The minimum absolute atomic E-state index is 0.754. The second kappa shape index (κ2) is 6.15. The molecule has 0 radical (unpaired) electrons. The third-order valence-electron chi connectivity index (χ3n) is 3.92. The fraction of sp³-hybridized carbons (Fsp3) is 1.00. The molecule has 0 amide bonds. The van der Waals surface area contributed by atoms with Gasteiger partial charge in [0, 0.05) is 12.6 Å². The van der Waals surface area contributed by atoms with Crippen LogP contribution in [-0.4, -0.2) is 29.8 Å². The van der Waals surface area contributed by atoms with Gasteiger partial charge in [0.25, 0.3) is 0 Å². The quantitative estimate of drug-likeness (QED) is 0.724. The lowest BCUT2D eigenvalue weighted by Crippen LogP contribution is -2.43. The number of likely N-dealkylation sites (tertiary alicyclic amines) is 1. The highest BCUT2D eigenvalue weighted by Gasteiger charge is 2.25. The van der Waals surface area contributed by atoms with Crippen molar-refractivity contribution in [2.45, 2.75) is 46.6 Å². The van der Waals surface area contributed by atoms with Crippen LogP contribution in [0.3, 0.4) is 0 Å². The summed E-state index contributed by atoms with van der Waals surface area (Å²) >= 11 is 4.48. The topological polar surface area (TPSA) is 3.24 Å². The van der Waals surface area contributed by atoms with Crippen molar-refractivity contribution in [1.29, 1.82) is 0 Å². The smallest absolute Gasteiger partial charge is 0.00695 e. The first-order valence-electron chi connectivity index (χ1n) is 6.39. The van der Waals surface area contributed by atoms with Crippen LogP contribution in [0.4, 0.5) is 0 Å². The standard InChI is InChI=1S/C13H27NS/c1-10(2)13(9-15)8-14-6-5-11(3)7-12(14)4/h10-13,15H,5-9H2,1-4H3. The Labute approximate surface area is 101 Å². The van der Waals surface area contributed by atoms with E-state index in [-0.39, 0.29) is 0 Å². The van der Waals surface area contributed by atoms with E-state index in [2.05, 4.69) is 45.2 Å². The van der Waals surface area contributed by atoms with E-state index in [1.54, 1.807) is 0 Å². The Bertz CT molecular complexity index is 181. The van der Waals surface area contributed by atoms with E-state index in [0.717, 1.165) is 29.5 Å². The molecular weight excluding hydrogens is 202 g/mol. The summed E-state index contributed by atoms with van der Waals surface area (Å²) in [5.41, 5.74) is 0. The van der Waals surface area contributed by atoms with Gasteiger partial charge in [-0.3, -0.25) is 0 Å². The molecule has 0 N–H and O–H groups in total. The minimum atomic E-state index is 0.754. The van der Waals surface area contributed by atoms with E-state index >= 15 is 0 Å². The second-order valence-corrected chi connectivity index (χ2v) is 6.03. The van der Waals surface area contributed by atoms with Gasteiger partial charge in [0.1, 0.15) is 0 Å². The highest BCUT2D eigenvalue weighted by molar-refractivity contribution is 7.80. The second-order valence-electron chi connectivity index (χ2n) is 5.66. The first-order chi connectivity index (χ1) is 7.04. The molecule has 0 aromatic carbocycles. The number of hydrogen-bond donors (Lipinski definition) is 1. The van der Waals surface area contributed by atoms with Gasteiger partial charge in [0.05, 0.1) is 0 Å². The predicted molar refractivity (Wildman–Crippen MR) is 71.6 cm³/mol. The number of rotatable bonds is 4. The molecule has 1 fully saturated rings. The van der Waals surface area contributed by atoms with Crippen LogP contribution in [0.15, 0.2) is 0 Å². The maximum atomic E-state index is 4.48. The number of thiol groups is 1. The molecule has 1 aliphatic rings. The lowest BCUT2D eigenvalue weighted by atomic mass is 9.90. The van der Waals surface area contributed by atoms with Crippen molar-refractivity contribution >= 4 is 12.6 Å². The van der Waals surface area contributed by atoms with Crippen LogP contribution in [0.1, 0.15) is 40.5 Å². The Kier molecular flexibility index (Phi) is 5.48. The SMILES string of the molecule is CC1CCN(CC(CS)C(C)C)C(C)C1. The average Bonchev–Trinajstić information content (AvgIpc) is 2.16. The molecule has 3 atom stereocenters. The van der Waals surface area contributed by atoms with Gasteiger partial charge in [-0.2, -0.15) is 12.6 Å². The van der Waals surface area contributed by atoms with Crippen molar-refractivity contribution in [3.63, 3.8) is 0 Å². The summed E-state index contributed by atoms with van der Waals surface area (Å²) in [7, 11) is 0. The van der Waals surface area contributed by atoms with Crippen molar-refractivity contribution in [2.75, 3.05) is 18.8 Å². The van der Waals surface area contributed by atoms with Crippen LogP contribution in [0.2, 0.25) is 0 Å². The van der Waals surface area contributed by atoms with Gasteiger partial charge in [-0.1, -0.05) is 20.8 Å². The average molecular weight is 229 g/mol. The highest BCUT2D eigenvalue weighted by Crippen LogP contribution is 2.24. The van der Waals surface area contributed by atoms with E-state index in [1.165, 1.54) is 25.9 Å². The highest BCUT2D eigenvalue weighted by atomic mass is 32.1. The van der Waals surface area contributed by atoms with E-state index in [0.29, 0.717) is 0 Å². The Hall–Kier alpha value is 0.310. The minimum Gasteiger partial charge on any atom is -0.300 e. The van der Waals surface area contributed by atoms with E-state index < -0.39 is 0 Å². The summed E-state index contributed by atoms with van der Waals surface area (Å²) in [5.74, 6) is 3.46. The molecule has 1 aliphatic heterocycles. The van der Waals surface area contributed by atoms with Crippen molar-refractivity contribution in [3.05, 3.63) is 0 Å². The first kappa shape index (κ1) is 13.4. The third kappa shape index (κ3) is 3.99. The molecule has 0 spiro atoms. The summed E-state index contributed by atoms with van der Waals surface area (Å²) in [4.78, 5) is 2.67. The van der Waals surface area contributed by atoms with Gasteiger partial charge >= 0.3 is 0 Å². The van der Waals surface area contributed by atoms with Crippen LogP contribution in [0, 0.1) is 17.8 Å². The molecule has 1 heterocycles. The van der Waals surface area contributed by atoms with E-state index in [1.807, 2.05) is 0 Å². The van der Waals surface area contributed by atoms with Gasteiger partial charge in [0.2, 0.25) is 0 Å². The molecule has 0 aromatic heterocycles. The van der Waals surface area contributed by atoms with Crippen molar-refractivity contribution < 1.29 is 0 Å². The lowest BCUT2D eigenvalue weighted by Gasteiger charge is -2.39. The zero-order valence-corrected chi connectivity index (χ0v) is 11.6. The normalized spacial score (nSPS) is 30.8. The number of hydrogen-bond acceptors (Lipinski definition) is 2. The van der Waals surface area contributed by atoms with Crippen LogP contribution in [0.25, 0.3) is 0 Å². The van der Waals surface area contributed by atoms with Gasteiger partial charge < -0.3 is 4.90 Å². The fourth-order valence-electron chi connectivity index (χ4n) is 2.51. The Morgan fingerprint density at radius 3 is 2.47 bits per heavy atom. The van der Waals surface area contributed by atoms with E-state index in [9.17, 15) is 0 Å². The molecule has 1 rings (SSSR count). The van der Waals surface area contributed by atoms with Gasteiger partial charge in [0.15, 0.2) is 0 Å². The molecule has 90 valence electrons. The molecule has 0 saturated carbocycles. The molecule has 0 aromatic rings. The molecule has 0 bridgehead atoms. The zero-order chi connectivity index (χ0) is 11.4. The summed E-state index contributed by atoms with van der Waals surface area (Å²) in [6, 6.07) is 0.773. The third-order valence-corrected chi connectivity index (χ3v) is 4.39.